The highest BCUT2D eigenvalue weighted by Gasteiger charge is 1.63. The third-order valence-corrected chi connectivity index (χ3v) is 0.418. The molecule has 30 valence electrons. The van der Waals surface area contributed by atoms with Crippen LogP contribution in [0.4, 0.5) is 0 Å². The molecular weight excluding hydrogens is 64.0 g/mol. The van der Waals surface area contributed by atoms with Crippen LogP contribution in [0.2, 0.25) is 0 Å². The predicted octanol–water partition coefficient (Wildman–Crippen LogP) is 1.47. The van der Waals surface area contributed by atoms with Gasteiger partial charge in [0.2, 0.25) is 0 Å². The Hall–Kier alpha value is -0.460. The van der Waals surface area contributed by atoms with Gasteiger partial charge in [-0.25, -0.2) is 0 Å². The molecule has 0 rings (SSSR count). The van der Waals surface area contributed by atoms with Crippen LogP contribution in [0.5, 0.6) is 0 Å². The average Bonchev–Trinajstić information content (AvgIpc) is 1.38. The van der Waals surface area contributed by atoms with Crippen molar-refractivity contribution >= 4 is 0 Å². The maximum Gasteiger partial charge on any atom is 0.0849 e. The van der Waals surface area contributed by atoms with E-state index >= 15 is 0 Å². The van der Waals surface area contributed by atoms with Gasteiger partial charge < -0.3 is 5.11 Å². The zero-order chi connectivity index (χ0) is 4.28. The van der Waals surface area contributed by atoms with Crippen LogP contribution in [0.1, 0.15) is 13.8 Å². The van der Waals surface area contributed by atoms with Crippen molar-refractivity contribution in [3.63, 3.8) is 0 Å². The molecule has 1 nitrogen and oxygen atoms in total. The van der Waals surface area contributed by atoms with Crippen LogP contribution in [-0.4, -0.2) is 5.11 Å². The molecule has 0 aromatic rings. The summed E-state index contributed by atoms with van der Waals surface area (Å²) in [6.45, 7) is 3.43. The van der Waals surface area contributed by atoms with Crippen molar-refractivity contribution in [1.82, 2.24) is 0 Å². The Bertz CT molecular complexity index is 41.6. The molecule has 0 aromatic carbocycles. The third-order valence-electron chi connectivity index (χ3n) is 0.418. The van der Waals surface area contributed by atoms with Crippen molar-refractivity contribution in [2.45, 2.75) is 13.8 Å². The molecule has 0 fully saturated rings. The van der Waals surface area contributed by atoms with Gasteiger partial charge in [-0.15, -0.1) is 0 Å². The zero-order valence-electron chi connectivity index (χ0n) is 3.52. The van der Waals surface area contributed by atoms with Gasteiger partial charge in [-0.2, -0.15) is 0 Å². The molecule has 0 aliphatic rings. The maximum atomic E-state index is 8.22. The van der Waals surface area contributed by atoms with Gasteiger partial charge in [0.25, 0.3) is 0 Å². The second-order valence-electron chi connectivity index (χ2n) is 0.930. The molecule has 0 spiro atoms. The largest absolute Gasteiger partial charge is 0.513 e. The predicted molar refractivity (Wildman–Crippen MR) is 22.1 cm³/mol. The fraction of sp³-hybridized carbons (Fsp3) is 0.500. The van der Waals surface area contributed by atoms with Crippen molar-refractivity contribution in [2.75, 3.05) is 0 Å². The van der Waals surface area contributed by atoms with E-state index in [1.165, 1.54) is 0 Å². The number of allylic oxidation sites excluding steroid dienone is 2. The minimum absolute atomic E-state index is 0.380. The van der Waals surface area contributed by atoms with Crippen molar-refractivity contribution in [3.05, 3.63) is 11.8 Å². The van der Waals surface area contributed by atoms with Gasteiger partial charge in [-0.3, -0.25) is 0 Å². The summed E-state index contributed by atoms with van der Waals surface area (Å²) < 4.78 is 0. The minimum Gasteiger partial charge on any atom is -0.513 e. The standard InChI is InChI=1S/C4H8O/c1-3-4(2)5/h3,5H,1-2H3. The molecule has 5 heavy (non-hydrogen) atoms. The van der Waals surface area contributed by atoms with E-state index in [1.807, 2.05) is 0 Å². The second kappa shape index (κ2) is 1.82. The van der Waals surface area contributed by atoms with E-state index in [0.29, 0.717) is 5.76 Å². The smallest absolute Gasteiger partial charge is 0.0849 e. The van der Waals surface area contributed by atoms with Gasteiger partial charge in [0.15, 0.2) is 0 Å². The van der Waals surface area contributed by atoms with Crippen molar-refractivity contribution in [1.29, 1.82) is 0 Å². The molecule has 0 saturated carbocycles. The topological polar surface area (TPSA) is 20.2 Å². The van der Waals surface area contributed by atoms with Gasteiger partial charge in [-0.05, 0) is 13.8 Å². The molecule has 0 aliphatic heterocycles. The Morgan fingerprint density at radius 2 is 2.00 bits per heavy atom. The van der Waals surface area contributed by atoms with E-state index in [9.17, 15) is 0 Å². The van der Waals surface area contributed by atoms with Crippen LogP contribution < -0.4 is 0 Å². The van der Waals surface area contributed by atoms with Crippen LogP contribution in [0, 0.1) is 0 Å². The molecule has 0 saturated heterocycles. The molecule has 1 heteroatoms. The molecule has 0 aliphatic carbocycles. The number of hydrogen-bond donors (Lipinski definition) is 1. The lowest BCUT2D eigenvalue weighted by atomic mass is 10.5. The van der Waals surface area contributed by atoms with E-state index in [2.05, 4.69) is 0 Å². The second-order valence-corrected chi connectivity index (χ2v) is 0.930. The van der Waals surface area contributed by atoms with Gasteiger partial charge in [0.1, 0.15) is 0 Å². The Morgan fingerprint density at radius 3 is 2.00 bits per heavy atom. The van der Waals surface area contributed by atoms with E-state index in [-0.39, 0.29) is 0 Å². The summed E-state index contributed by atoms with van der Waals surface area (Å²) in [7, 11) is 0. The lowest BCUT2D eigenvalue weighted by molar-refractivity contribution is 0.413. The third kappa shape index (κ3) is 3.54. The quantitative estimate of drug-likeness (QED) is 0.429. The molecule has 0 heterocycles. The van der Waals surface area contributed by atoms with Crippen LogP contribution in [-0.2, 0) is 0 Å². The first kappa shape index (κ1) is 4.54. The van der Waals surface area contributed by atoms with E-state index in [0.717, 1.165) is 0 Å². The van der Waals surface area contributed by atoms with Crippen LogP contribution >= 0.6 is 0 Å². The lowest BCUT2D eigenvalue weighted by Crippen LogP contribution is -1.60. The van der Waals surface area contributed by atoms with Gasteiger partial charge in [0.05, 0.1) is 5.76 Å². The van der Waals surface area contributed by atoms with E-state index in [1.54, 1.807) is 19.9 Å². The van der Waals surface area contributed by atoms with E-state index < -0.39 is 0 Å². The molecular formula is C4H8O. The minimum atomic E-state index is 0.380. The first-order valence-corrected chi connectivity index (χ1v) is 1.59. The summed E-state index contributed by atoms with van der Waals surface area (Å²) in [6.07, 6.45) is 1.64. The molecule has 0 radical (unpaired) electrons. The molecule has 0 aromatic heterocycles. The summed E-state index contributed by atoms with van der Waals surface area (Å²) in [5.74, 6) is 0.380. The number of hydrogen-bond acceptors (Lipinski definition) is 1. The molecule has 0 atom stereocenters. The van der Waals surface area contributed by atoms with Crippen molar-refractivity contribution < 1.29 is 5.11 Å². The summed E-state index contributed by atoms with van der Waals surface area (Å²) in [5, 5.41) is 8.22. The van der Waals surface area contributed by atoms with E-state index in [4.69, 9.17) is 5.11 Å². The number of rotatable bonds is 0. The summed E-state index contributed by atoms with van der Waals surface area (Å²) in [6, 6.07) is 0. The Kier molecular flexibility index (Phi) is 1.65. The maximum absolute atomic E-state index is 8.22. The fourth-order valence-corrected chi connectivity index (χ4v) is 0. The monoisotopic (exact) mass is 72.1 g/mol. The zero-order valence-corrected chi connectivity index (χ0v) is 3.52. The summed E-state index contributed by atoms with van der Waals surface area (Å²) in [5.41, 5.74) is 0. The Balaban J connectivity index is 3.14. The molecule has 0 bridgehead atoms. The molecule has 1 N–H and O–H groups in total. The van der Waals surface area contributed by atoms with Gasteiger partial charge >= 0.3 is 0 Å². The van der Waals surface area contributed by atoms with Crippen molar-refractivity contribution in [3.8, 4) is 0 Å². The number of aliphatic hydroxyl groups excluding tert-OH is 1. The summed E-state index contributed by atoms with van der Waals surface area (Å²) >= 11 is 0. The summed E-state index contributed by atoms with van der Waals surface area (Å²) in [4.78, 5) is 0. The Labute approximate surface area is 31.9 Å². The molecule has 0 amide bonds. The van der Waals surface area contributed by atoms with Crippen LogP contribution in [0.15, 0.2) is 11.8 Å². The lowest BCUT2D eigenvalue weighted by Gasteiger charge is -1.75. The van der Waals surface area contributed by atoms with Gasteiger partial charge in [-0.1, -0.05) is 6.08 Å². The average molecular weight is 72.1 g/mol. The van der Waals surface area contributed by atoms with Crippen LogP contribution in [0.25, 0.3) is 0 Å². The van der Waals surface area contributed by atoms with Gasteiger partial charge in [0, 0.05) is 0 Å². The number of aliphatic hydroxyl groups is 1. The molecule has 0 unspecified atom stereocenters. The van der Waals surface area contributed by atoms with Crippen molar-refractivity contribution in [2.24, 2.45) is 0 Å². The Morgan fingerprint density at radius 1 is 1.80 bits per heavy atom. The first-order chi connectivity index (χ1) is 2.27. The van der Waals surface area contributed by atoms with Crippen LogP contribution in [0.3, 0.4) is 0 Å². The fourth-order valence-electron chi connectivity index (χ4n) is 0. The highest BCUT2D eigenvalue weighted by Crippen LogP contribution is 1.77. The normalized spacial score (nSPS) is 12.0. The first-order valence-electron chi connectivity index (χ1n) is 1.59. The SMILES string of the molecule is CC=C(C)O. The highest BCUT2D eigenvalue weighted by molar-refractivity contribution is 4.79. The highest BCUT2D eigenvalue weighted by atomic mass is 16.3.